The maximum Gasteiger partial charge on any atom is 0.326 e. The van der Waals surface area contributed by atoms with Crippen molar-refractivity contribution in [2.45, 2.75) is 57.8 Å². The Bertz CT molecular complexity index is 615. The van der Waals surface area contributed by atoms with E-state index >= 15 is 0 Å². The summed E-state index contributed by atoms with van der Waals surface area (Å²) in [7, 11) is 0. The van der Waals surface area contributed by atoms with Crippen molar-refractivity contribution in [3.8, 4) is 0 Å². The summed E-state index contributed by atoms with van der Waals surface area (Å²) in [5, 5.41) is 25.1. The smallest absolute Gasteiger partial charge is 0.326 e. The lowest BCUT2D eigenvalue weighted by Crippen LogP contribution is -2.57. The van der Waals surface area contributed by atoms with Crippen LogP contribution in [0.15, 0.2) is 0 Å². The zero-order valence-corrected chi connectivity index (χ0v) is 17.7. The van der Waals surface area contributed by atoms with Gasteiger partial charge in [-0.3, -0.25) is 19.2 Å². The number of carbonyl (C=O) groups is 5. The number of hydrogen-bond acceptors (Lipinski definition) is 7. The van der Waals surface area contributed by atoms with Gasteiger partial charge in [-0.25, -0.2) is 4.79 Å². The van der Waals surface area contributed by atoms with Gasteiger partial charge in [-0.1, -0.05) is 13.8 Å². The molecule has 0 aliphatic carbocycles. The van der Waals surface area contributed by atoms with Crippen molar-refractivity contribution < 1.29 is 34.2 Å². The first-order valence-corrected chi connectivity index (χ1v) is 10.4. The molecule has 0 aromatic rings. The number of amides is 3. The minimum Gasteiger partial charge on any atom is -0.481 e. The van der Waals surface area contributed by atoms with E-state index in [2.05, 4.69) is 16.0 Å². The molecular weight excluding hydrogens is 404 g/mol. The molecule has 7 N–H and O–H groups in total. The van der Waals surface area contributed by atoms with E-state index in [1.54, 1.807) is 20.1 Å². The molecule has 12 heteroatoms. The Morgan fingerprint density at radius 1 is 0.931 bits per heavy atom. The van der Waals surface area contributed by atoms with Crippen LogP contribution in [0.4, 0.5) is 0 Å². The highest BCUT2D eigenvalue weighted by atomic mass is 32.2. The van der Waals surface area contributed by atoms with Crippen molar-refractivity contribution >= 4 is 41.4 Å². The molecule has 0 heterocycles. The van der Waals surface area contributed by atoms with E-state index in [1.807, 2.05) is 0 Å². The lowest BCUT2D eigenvalue weighted by Gasteiger charge is -2.24. The summed E-state index contributed by atoms with van der Waals surface area (Å²) in [5.74, 6) is -4.42. The number of carbonyl (C=O) groups excluding carboxylic acids is 3. The van der Waals surface area contributed by atoms with E-state index in [9.17, 15) is 24.0 Å². The normalized spacial score (nSPS) is 15.0. The molecular formula is C17H30N4O7S. The summed E-state index contributed by atoms with van der Waals surface area (Å²) in [5.41, 5.74) is 5.51. The molecule has 0 aromatic heterocycles. The number of nitrogens with two attached hydrogens (primary N) is 1. The summed E-state index contributed by atoms with van der Waals surface area (Å²) < 4.78 is 0. The van der Waals surface area contributed by atoms with Crippen LogP contribution in [0.2, 0.25) is 0 Å². The number of carboxylic acids is 2. The second-order valence-corrected chi connectivity index (χ2v) is 7.83. The molecule has 0 aromatic carbocycles. The molecule has 0 rings (SSSR count). The fourth-order valence-corrected chi connectivity index (χ4v) is 2.71. The van der Waals surface area contributed by atoms with Gasteiger partial charge in [-0.15, -0.1) is 0 Å². The highest BCUT2D eigenvalue weighted by molar-refractivity contribution is 7.98. The van der Waals surface area contributed by atoms with Crippen LogP contribution in [0.3, 0.4) is 0 Å². The molecule has 0 spiro atoms. The molecule has 0 radical (unpaired) electrons. The van der Waals surface area contributed by atoms with Crippen molar-refractivity contribution in [2.75, 3.05) is 12.0 Å². The number of rotatable bonds is 13. The van der Waals surface area contributed by atoms with E-state index in [1.165, 1.54) is 18.7 Å². The fourth-order valence-electron chi connectivity index (χ4n) is 2.24. The van der Waals surface area contributed by atoms with Crippen molar-refractivity contribution in [3.05, 3.63) is 0 Å². The molecule has 0 bridgehead atoms. The first kappa shape index (κ1) is 26.7. The van der Waals surface area contributed by atoms with Crippen LogP contribution in [0.5, 0.6) is 0 Å². The van der Waals surface area contributed by atoms with Crippen LogP contribution >= 0.6 is 11.8 Å². The lowest BCUT2D eigenvalue weighted by molar-refractivity contribution is -0.143. The highest BCUT2D eigenvalue weighted by Gasteiger charge is 2.29. The zero-order valence-electron chi connectivity index (χ0n) is 16.9. The minimum absolute atomic E-state index is 0.233. The SMILES string of the molecule is CSCCC(NC(=O)C(N)CC(=O)O)C(=O)NC(C)C(=O)NC(C(=O)O)C(C)C. The third-order valence-corrected chi connectivity index (χ3v) is 4.60. The van der Waals surface area contributed by atoms with Crippen LogP contribution in [-0.2, 0) is 24.0 Å². The van der Waals surface area contributed by atoms with Crippen LogP contribution in [0, 0.1) is 5.92 Å². The molecule has 0 saturated heterocycles. The Morgan fingerprint density at radius 3 is 1.97 bits per heavy atom. The van der Waals surface area contributed by atoms with Gasteiger partial charge < -0.3 is 31.9 Å². The number of carboxylic acid groups (broad SMARTS) is 2. The number of thioether (sulfide) groups is 1. The summed E-state index contributed by atoms with van der Waals surface area (Å²) in [6.07, 6.45) is 1.45. The second kappa shape index (κ2) is 13.0. The number of hydrogen-bond donors (Lipinski definition) is 6. The maximum absolute atomic E-state index is 12.5. The number of aliphatic carboxylic acids is 2. The van der Waals surface area contributed by atoms with E-state index < -0.39 is 60.2 Å². The van der Waals surface area contributed by atoms with Crippen molar-refractivity contribution in [2.24, 2.45) is 11.7 Å². The molecule has 29 heavy (non-hydrogen) atoms. The Kier molecular flexibility index (Phi) is 11.9. The van der Waals surface area contributed by atoms with Crippen LogP contribution < -0.4 is 21.7 Å². The Labute approximate surface area is 173 Å². The zero-order chi connectivity index (χ0) is 22.7. The van der Waals surface area contributed by atoms with Crippen LogP contribution in [0.1, 0.15) is 33.6 Å². The quantitative estimate of drug-likeness (QED) is 0.206. The highest BCUT2D eigenvalue weighted by Crippen LogP contribution is 2.04. The standard InChI is InChI=1S/C17H30N4O7S/c1-8(2)13(17(27)28)21-14(24)9(3)19-16(26)11(5-6-29-4)20-15(25)10(18)7-12(22)23/h8-11,13H,5-7,18H2,1-4H3,(H,19,26)(H,20,25)(H,21,24)(H,22,23)(H,27,28). The van der Waals surface area contributed by atoms with E-state index in [0.717, 1.165) is 0 Å². The average Bonchev–Trinajstić information content (AvgIpc) is 2.61. The van der Waals surface area contributed by atoms with Gasteiger partial charge in [0.25, 0.3) is 0 Å². The summed E-state index contributed by atoms with van der Waals surface area (Å²) >= 11 is 1.43. The summed E-state index contributed by atoms with van der Waals surface area (Å²) in [6, 6.07) is -4.50. The lowest BCUT2D eigenvalue weighted by atomic mass is 10.0. The summed E-state index contributed by atoms with van der Waals surface area (Å²) in [6.45, 7) is 4.66. The Morgan fingerprint density at radius 2 is 1.52 bits per heavy atom. The predicted octanol–water partition coefficient (Wildman–Crippen LogP) is -1.24. The molecule has 4 atom stereocenters. The third kappa shape index (κ3) is 10.1. The van der Waals surface area contributed by atoms with Gasteiger partial charge in [0.2, 0.25) is 17.7 Å². The van der Waals surface area contributed by atoms with Gasteiger partial charge in [-0.05, 0) is 31.3 Å². The molecule has 4 unspecified atom stereocenters. The van der Waals surface area contributed by atoms with Gasteiger partial charge in [0.1, 0.15) is 18.1 Å². The number of nitrogens with one attached hydrogen (secondary N) is 3. The Balaban J connectivity index is 5.03. The van der Waals surface area contributed by atoms with Crippen LogP contribution in [-0.4, -0.2) is 76.0 Å². The largest absolute Gasteiger partial charge is 0.481 e. The monoisotopic (exact) mass is 434 g/mol. The van der Waals surface area contributed by atoms with Crippen molar-refractivity contribution in [1.82, 2.24) is 16.0 Å². The molecule has 0 aliphatic rings. The van der Waals surface area contributed by atoms with E-state index in [0.29, 0.717) is 5.75 Å². The first-order valence-electron chi connectivity index (χ1n) is 9.00. The molecule has 0 saturated carbocycles. The summed E-state index contributed by atoms with van der Waals surface area (Å²) in [4.78, 5) is 58.7. The topological polar surface area (TPSA) is 188 Å². The third-order valence-electron chi connectivity index (χ3n) is 3.96. The molecule has 0 aliphatic heterocycles. The maximum atomic E-state index is 12.5. The van der Waals surface area contributed by atoms with Gasteiger partial charge in [0.05, 0.1) is 12.5 Å². The predicted molar refractivity (Wildman–Crippen MR) is 107 cm³/mol. The van der Waals surface area contributed by atoms with Crippen molar-refractivity contribution in [1.29, 1.82) is 0 Å². The second-order valence-electron chi connectivity index (χ2n) is 6.85. The van der Waals surface area contributed by atoms with Gasteiger partial charge in [0.15, 0.2) is 0 Å². The van der Waals surface area contributed by atoms with Gasteiger partial charge in [-0.2, -0.15) is 11.8 Å². The van der Waals surface area contributed by atoms with E-state index in [-0.39, 0.29) is 12.3 Å². The molecule has 0 fully saturated rings. The van der Waals surface area contributed by atoms with Crippen molar-refractivity contribution in [3.63, 3.8) is 0 Å². The molecule has 3 amide bonds. The van der Waals surface area contributed by atoms with E-state index in [4.69, 9.17) is 15.9 Å². The van der Waals surface area contributed by atoms with Crippen LogP contribution in [0.25, 0.3) is 0 Å². The van der Waals surface area contributed by atoms with Gasteiger partial charge in [0, 0.05) is 0 Å². The molecule has 11 nitrogen and oxygen atoms in total. The first-order chi connectivity index (χ1) is 13.4. The van der Waals surface area contributed by atoms with Gasteiger partial charge >= 0.3 is 11.9 Å². The minimum atomic E-state index is -1.32. The molecule has 166 valence electrons. The fraction of sp³-hybridized carbons (Fsp3) is 0.706. The Hall–Kier alpha value is -2.34. The average molecular weight is 435 g/mol.